The summed E-state index contributed by atoms with van der Waals surface area (Å²) in [5.41, 5.74) is -0.123. The predicted octanol–water partition coefficient (Wildman–Crippen LogP) is -4.14. The molecule has 0 aromatic rings. The molecule has 1 amide bonds. The van der Waals surface area contributed by atoms with Crippen molar-refractivity contribution in [2.24, 2.45) is 0 Å². The molecule has 0 aromatic heterocycles. The van der Waals surface area contributed by atoms with Crippen molar-refractivity contribution in [3.63, 3.8) is 0 Å². The zero-order chi connectivity index (χ0) is 12.6. The second-order valence-electron chi connectivity index (χ2n) is 3.74. The van der Waals surface area contributed by atoms with Gasteiger partial charge in [-0.25, -0.2) is 0 Å². The molecule has 2 aliphatic heterocycles. The SMILES string of the molecule is CC(=O)OCC1C=C(C(=O)[O-])N2C(=O)C[C@H]2S1.[Na+]. The minimum Gasteiger partial charge on any atom is -0.543 e. The van der Waals surface area contributed by atoms with E-state index in [9.17, 15) is 19.5 Å². The molecule has 2 rings (SSSR count). The van der Waals surface area contributed by atoms with Gasteiger partial charge in [0.1, 0.15) is 6.61 Å². The summed E-state index contributed by atoms with van der Waals surface area (Å²) in [5.74, 6) is -2.01. The van der Waals surface area contributed by atoms with Crippen LogP contribution in [-0.2, 0) is 19.1 Å². The van der Waals surface area contributed by atoms with Crippen molar-refractivity contribution in [3.05, 3.63) is 11.8 Å². The average molecular weight is 279 g/mol. The van der Waals surface area contributed by atoms with Crippen LogP contribution in [-0.4, -0.2) is 40.0 Å². The molecular formula is C10H10NNaO5S. The molecule has 0 aliphatic carbocycles. The van der Waals surface area contributed by atoms with Crippen LogP contribution in [0.3, 0.4) is 0 Å². The van der Waals surface area contributed by atoms with Gasteiger partial charge >= 0.3 is 35.5 Å². The van der Waals surface area contributed by atoms with Gasteiger partial charge in [0.15, 0.2) is 0 Å². The quantitative estimate of drug-likeness (QED) is 0.296. The van der Waals surface area contributed by atoms with Gasteiger partial charge in [-0.15, -0.1) is 11.8 Å². The molecule has 0 radical (unpaired) electrons. The van der Waals surface area contributed by atoms with Gasteiger partial charge in [0, 0.05) is 6.92 Å². The van der Waals surface area contributed by atoms with Crippen molar-refractivity contribution in [1.82, 2.24) is 4.90 Å². The van der Waals surface area contributed by atoms with Crippen LogP contribution in [0.5, 0.6) is 0 Å². The van der Waals surface area contributed by atoms with Crippen molar-refractivity contribution in [1.29, 1.82) is 0 Å². The molecule has 92 valence electrons. The van der Waals surface area contributed by atoms with Crippen molar-refractivity contribution in [2.75, 3.05) is 6.61 Å². The van der Waals surface area contributed by atoms with Crippen molar-refractivity contribution < 1.29 is 53.8 Å². The zero-order valence-electron chi connectivity index (χ0n) is 10.0. The Labute approximate surface area is 130 Å². The Morgan fingerprint density at radius 3 is 2.78 bits per heavy atom. The molecule has 0 saturated carbocycles. The van der Waals surface area contributed by atoms with Crippen LogP contribution >= 0.6 is 11.8 Å². The van der Waals surface area contributed by atoms with E-state index >= 15 is 0 Å². The summed E-state index contributed by atoms with van der Waals surface area (Å²) in [7, 11) is 0. The molecule has 0 bridgehead atoms. The molecule has 0 spiro atoms. The first-order chi connectivity index (χ1) is 7.99. The number of hydrogen-bond donors (Lipinski definition) is 0. The van der Waals surface area contributed by atoms with Crippen LogP contribution in [0.25, 0.3) is 0 Å². The molecular weight excluding hydrogens is 269 g/mol. The van der Waals surface area contributed by atoms with Gasteiger partial charge in [-0.3, -0.25) is 14.5 Å². The Bertz CT molecular complexity index is 424. The molecule has 6 nitrogen and oxygen atoms in total. The van der Waals surface area contributed by atoms with Crippen molar-refractivity contribution in [2.45, 2.75) is 24.0 Å². The maximum Gasteiger partial charge on any atom is 1.00 e. The maximum absolute atomic E-state index is 11.2. The van der Waals surface area contributed by atoms with Gasteiger partial charge in [0.2, 0.25) is 5.91 Å². The first kappa shape index (κ1) is 15.6. The van der Waals surface area contributed by atoms with Crippen LogP contribution in [0, 0.1) is 0 Å². The van der Waals surface area contributed by atoms with E-state index in [1.165, 1.54) is 29.7 Å². The zero-order valence-corrected chi connectivity index (χ0v) is 12.9. The number of thioether (sulfide) groups is 1. The van der Waals surface area contributed by atoms with Crippen LogP contribution in [0.1, 0.15) is 13.3 Å². The third-order valence-electron chi connectivity index (χ3n) is 2.50. The van der Waals surface area contributed by atoms with Crippen LogP contribution < -0.4 is 34.7 Å². The van der Waals surface area contributed by atoms with E-state index in [2.05, 4.69) is 0 Å². The third kappa shape index (κ3) is 3.09. The number of carbonyl (C=O) groups is 3. The summed E-state index contributed by atoms with van der Waals surface area (Å²) in [4.78, 5) is 34.0. The molecule has 1 saturated heterocycles. The number of amides is 1. The second kappa shape index (κ2) is 6.10. The molecule has 8 heteroatoms. The predicted molar refractivity (Wildman–Crippen MR) is 56.4 cm³/mol. The summed E-state index contributed by atoms with van der Waals surface area (Å²) in [6.07, 6.45) is 1.71. The van der Waals surface area contributed by atoms with E-state index in [4.69, 9.17) is 4.74 Å². The van der Waals surface area contributed by atoms with Crippen LogP contribution in [0.2, 0.25) is 0 Å². The second-order valence-corrected chi connectivity index (χ2v) is 5.16. The molecule has 18 heavy (non-hydrogen) atoms. The number of carboxylic acid groups (broad SMARTS) is 1. The molecule has 1 unspecified atom stereocenters. The summed E-state index contributed by atoms with van der Waals surface area (Å²) in [6.45, 7) is 1.39. The first-order valence-corrected chi connectivity index (χ1v) is 5.97. The summed E-state index contributed by atoms with van der Waals surface area (Å²) >= 11 is 1.41. The number of fused-ring (bicyclic) bond motifs is 1. The molecule has 2 heterocycles. The maximum atomic E-state index is 11.2. The van der Waals surface area contributed by atoms with Crippen molar-refractivity contribution in [3.8, 4) is 0 Å². The fourth-order valence-electron chi connectivity index (χ4n) is 1.74. The molecule has 0 aromatic carbocycles. The largest absolute Gasteiger partial charge is 1.00 e. The first-order valence-electron chi connectivity index (χ1n) is 5.03. The molecule has 2 atom stereocenters. The number of rotatable bonds is 3. The van der Waals surface area contributed by atoms with Crippen molar-refractivity contribution >= 4 is 29.6 Å². The van der Waals surface area contributed by atoms with E-state index in [1.54, 1.807) is 0 Å². The number of ether oxygens (including phenoxy) is 1. The number of hydrogen-bond acceptors (Lipinski definition) is 6. The molecule has 0 N–H and O–H groups in total. The van der Waals surface area contributed by atoms with Gasteiger partial charge in [-0.1, -0.05) is 0 Å². The summed E-state index contributed by atoms with van der Waals surface area (Å²) in [5, 5.41) is 10.5. The average Bonchev–Trinajstić information content (AvgIpc) is 2.23. The van der Waals surface area contributed by atoms with Gasteiger partial charge < -0.3 is 14.6 Å². The van der Waals surface area contributed by atoms with Gasteiger partial charge in [0.25, 0.3) is 0 Å². The Kier molecular flexibility index (Phi) is 5.27. The Morgan fingerprint density at radius 1 is 1.61 bits per heavy atom. The number of carbonyl (C=O) groups excluding carboxylic acids is 3. The third-order valence-corrected chi connectivity index (χ3v) is 3.81. The Hall–Kier alpha value is -0.500. The number of carboxylic acids is 1. The van der Waals surface area contributed by atoms with E-state index in [-0.39, 0.29) is 58.4 Å². The molecule has 1 fully saturated rings. The minimum absolute atomic E-state index is 0. The standard InChI is InChI=1S/C10H11NO5S.Na/c1-5(12)16-4-6-2-7(10(14)15)11-8(13)3-9(11)17-6;/h2,6,9H,3-4H2,1H3,(H,14,15);/q;+1/p-1/t6?,9-;/m1./s1. The smallest absolute Gasteiger partial charge is 0.543 e. The van der Waals surface area contributed by atoms with E-state index < -0.39 is 11.9 Å². The topological polar surface area (TPSA) is 86.7 Å². The fraction of sp³-hybridized carbons (Fsp3) is 0.500. The number of esters is 1. The minimum atomic E-state index is -1.38. The van der Waals surface area contributed by atoms with Crippen LogP contribution in [0.4, 0.5) is 0 Å². The Morgan fingerprint density at radius 2 is 2.28 bits per heavy atom. The Balaban J connectivity index is 0.00000162. The van der Waals surface area contributed by atoms with E-state index in [0.717, 1.165) is 0 Å². The summed E-state index contributed by atoms with van der Waals surface area (Å²) < 4.78 is 4.82. The van der Waals surface area contributed by atoms with Gasteiger partial charge in [-0.2, -0.15) is 0 Å². The number of β-lactam (4-membered cyclic amide) rings is 1. The normalized spacial score (nSPS) is 25.3. The van der Waals surface area contributed by atoms with E-state index in [0.29, 0.717) is 6.42 Å². The fourth-order valence-corrected chi connectivity index (χ4v) is 3.09. The van der Waals surface area contributed by atoms with E-state index in [1.807, 2.05) is 0 Å². The number of aliphatic carboxylic acids is 1. The number of nitrogens with zero attached hydrogens (tertiary/aromatic N) is 1. The summed E-state index contributed by atoms with van der Waals surface area (Å²) in [6, 6.07) is 0. The molecule has 2 aliphatic rings. The van der Waals surface area contributed by atoms with Gasteiger partial charge in [-0.05, 0) is 6.08 Å². The monoisotopic (exact) mass is 279 g/mol. The van der Waals surface area contributed by atoms with Crippen LogP contribution in [0.15, 0.2) is 11.8 Å². The van der Waals surface area contributed by atoms with Gasteiger partial charge in [0.05, 0.1) is 28.7 Å².